The first kappa shape index (κ1) is 21.4. The van der Waals surface area contributed by atoms with Crippen LogP contribution in [0.1, 0.15) is 27.9 Å². The van der Waals surface area contributed by atoms with Gasteiger partial charge < -0.3 is 5.32 Å². The van der Waals surface area contributed by atoms with Crippen molar-refractivity contribution in [2.75, 3.05) is 26.4 Å². The highest BCUT2D eigenvalue weighted by Gasteiger charge is 2.14. The Morgan fingerprint density at radius 3 is 2.63 bits per heavy atom. The fourth-order valence-corrected chi connectivity index (χ4v) is 3.74. The molecule has 0 unspecified atom stereocenters. The van der Waals surface area contributed by atoms with E-state index < -0.39 is 10.0 Å². The van der Waals surface area contributed by atoms with Crippen LogP contribution in [-0.4, -0.2) is 50.0 Å². The molecule has 0 atom stereocenters. The van der Waals surface area contributed by atoms with Gasteiger partial charge in [0.15, 0.2) is 0 Å². The molecule has 0 aliphatic rings. The van der Waals surface area contributed by atoms with E-state index in [1.807, 2.05) is 6.07 Å². The normalized spacial score (nSPS) is 11.6. The van der Waals surface area contributed by atoms with Gasteiger partial charge >= 0.3 is 0 Å². The molecule has 0 fully saturated rings. The molecule has 2 rings (SSSR count). The summed E-state index contributed by atoms with van der Waals surface area (Å²) in [6.45, 7) is 4.86. The first-order valence-electron chi connectivity index (χ1n) is 8.58. The number of pyridine rings is 1. The molecular formula is C19H25N3O3S2. The van der Waals surface area contributed by atoms with Crippen molar-refractivity contribution < 1.29 is 13.2 Å². The van der Waals surface area contributed by atoms with E-state index in [0.29, 0.717) is 30.1 Å². The molecule has 1 amide bonds. The molecule has 1 aromatic heterocycles. The summed E-state index contributed by atoms with van der Waals surface area (Å²) in [4.78, 5) is 17.9. The SMILES string of the molecule is Cc1ccc(Sc2ncccc2C(=O)NCCCN(C)S(C)(=O)=O)cc1C. The summed E-state index contributed by atoms with van der Waals surface area (Å²) < 4.78 is 24.0. The summed E-state index contributed by atoms with van der Waals surface area (Å²) in [6, 6.07) is 9.63. The minimum atomic E-state index is -3.20. The second-order valence-electron chi connectivity index (χ2n) is 6.40. The topological polar surface area (TPSA) is 79.4 Å². The van der Waals surface area contributed by atoms with Gasteiger partial charge in [-0.2, -0.15) is 0 Å². The van der Waals surface area contributed by atoms with E-state index in [2.05, 4.69) is 36.3 Å². The molecule has 1 heterocycles. The van der Waals surface area contributed by atoms with Gasteiger partial charge in [0, 0.05) is 31.2 Å². The van der Waals surface area contributed by atoms with E-state index in [9.17, 15) is 13.2 Å². The van der Waals surface area contributed by atoms with Crippen molar-refractivity contribution in [3.05, 3.63) is 53.2 Å². The van der Waals surface area contributed by atoms with Gasteiger partial charge in [-0.05, 0) is 55.7 Å². The molecule has 0 saturated heterocycles. The molecule has 0 aliphatic heterocycles. The molecule has 27 heavy (non-hydrogen) atoms. The van der Waals surface area contributed by atoms with Crippen molar-refractivity contribution >= 4 is 27.7 Å². The van der Waals surface area contributed by atoms with Crippen LogP contribution in [0.25, 0.3) is 0 Å². The largest absolute Gasteiger partial charge is 0.352 e. The van der Waals surface area contributed by atoms with Gasteiger partial charge in [-0.1, -0.05) is 17.8 Å². The Hall–Kier alpha value is -1.90. The second-order valence-corrected chi connectivity index (χ2v) is 9.55. The summed E-state index contributed by atoms with van der Waals surface area (Å²) in [5.41, 5.74) is 2.92. The minimum absolute atomic E-state index is 0.212. The van der Waals surface area contributed by atoms with Gasteiger partial charge in [0.25, 0.3) is 5.91 Å². The maximum Gasteiger partial charge on any atom is 0.254 e. The summed E-state index contributed by atoms with van der Waals surface area (Å²) in [7, 11) is -1.67. The summed E-state index contributed by atoms with van der Waals surface area (Å²) >= 11 is 1.45. The lowest BCUT2D eigenvalue weighted by Crippen LogP contribution is -2.31. The van der Waals surface area contributed by atoms with Gasteiger partial charge in [0.2, 0.25) is 10.0 Å². The summed E-state index contributed by atoms with van der Waals surface area (Å²) in [6.07, 6.45) is 3.37. The quantitative estimate of drug-likeness (QED) is 0.681. The average molecular weight is 408 g/mol. The van der Waals surface area contributed by atoms with E-state index in [4.69, 9.17) is 0 Å². The lowest BCUT2D eigenvalue weighted by Gasteiger charge is -2.14. The highest BCUT2D eigenvalue weighted by atomic mass is 32.2. The number of rotatable bonds is 8. The number of nitrogens with one attached hydrogen (secondary N) is 1. The molecule has 0 bridgehead atoms. The number of aryl methyl sites for hydroxylation is 2. The smallest absolute Gasteiger partial charge is 0.254 e. The van der Waals surface area contributed by atoms with E-state index >= 15 is 0 Å². The number of benzene rings is 1. The molecule has 0 radical (unpaired) electrons. The third kappa shape index (κ3) is 6.34. The molecule has 0 aliphatic carbocycles. The second kappa shape index (κ2) is 9.34. The van der Waals surface area contributed by atoms with Crippen molar-refractivity contribution in [1.29, 1.82) is 0 Å². The fraction of sp³-hybridized carbons (Fsp3) is 0.368. The Morgan fingerprint density at radius 2 is 1.96 bits per heavy atom. The van der Waals surface area contributed by atoms with Gasteiger partial charge in [-0.25, -0.2) is 17.7 Å². The van der Waals surface area contributed by atoms with Crippen LogP contribution in [0.2, 0.25) is 0 Å². The fourth-order valence-electron chi connectivity index (χ4n) is 2.30. The Bertz CT molecular complexity index is 914. The standard InChI is InChI=1S/C19H25N3O3S2/c1-14-8-9-16(13-15(14)2)26-19-17(7-5-10-21-19)18(23)20-11-6-12-22(3)27(4,24)25/h5,7-10,13H,6,11-12H2,1-4H3,(H,20,23). The van der Waals surface area contributed by atoms with Gasteiger partial charge in [0.1, 0.15) is 5.03 Å². The summed E-state index contributed by atoms with van der Waals surface area (Å²) in [5.74, 6) is -0.212. The molecule has 6 nitrogen and oxygen atoms in total. The average Bonchev–Trinajstić information content (AvgIpc) is 2.61. The molecule has 1 N–H and O–H groups in total. The molecule has 146 valence electrons. The highest BCUT2D eigenvalue weighted by molar-refractivity contribution is 7.99. The molecular weight excluding hydrogens is 382 g/mol. The Labute approximate surface area is 165 Å². The molecule has 2 aromatic rings. The van der Waals surface area contributed by atoms with Crippen LogP contribution in [0.3, 0.4) is 0 Å². The number of hydrogen-bond acceptors (Lipinski definition) is 5. The van der Waals surface area contributed by atoms with Gasteiger partial charge in [-0.3, -0.25) is 4.79 Å². The predicted molar refractivity (Wildman–Crippen MR) is 109 cm³/mol. The number of amides is 1. The Morgan fingerprint density at radius 1 is 1.22 bits per heavy atom. The van der Waals surface area contributed by atoms with Crippen LogP contribution in [-0.2, 0) is 10.0 Å². The molecule has 8 heteroatoms. The first-order valence-corrected chi connectivity index (χ1v) is 11.2. The maximum absolute atomic E-state index is 12.5. The third-order valence-corrected chi connectivity index (χ3v) is 6.53. The monoisotopic (exact) mass is 407 g/mol. The zero-order valence-corrected chi connectivity index (χ0v) is 17.7. The van der Waals surface area contributed by atoms with Crippen molar-refractivity contribution in [3.63, 3.8) is 0 Å². The number of carbonyl (C=O) groups excluding carboxylic acids is 1. The number of sulfonamides is 1. The first-order chi connectivity index (χ1) is 12.7. The van der Waals surface area contributed by atoms with Gasteiger partial charge in [0.05, 0.1) is 11.8 Å². The van der Waals surface area contributed by atoms with Gasteiger partial charge in [-0.15, -0.1) is 0 Å². The Kier molecular flexibility index (Phi) is 7.41. The number of hydrogen-bond donors (Lipinski definition) is 1. The lowest BCUT2D eigenvalue weighted by atomic mass is 10.1. The van der Waals surface area contributed by atoms with Crippen LogP contribution in [0, 0.1) is 13.8 Å². The van der Waals surface area contributed by atoms with Crippen molar-refractivity contribution in [3.8, 4) is 0 Å². The number of carbonyl (C=O) groups is 1. The number of nitrogens with zero attached hydrogens (tertiary/aromatic N) is 2. The van der Waals surface area contributed by atoms with E-state index in [-0.39, 0.29) is 5.91 Å². The van der Waals surface area contributed by atoms with Crippen LogP contribution >= 0.6 is 11.8 Å². The van der Waals surface area contributed by atoms with Crippen LogP contribution in [0.5, 0.6) is 0 Å². The molecule has 0 saturated carbocycles. The third-order valence-electron chi connectivity index (χ3n) is 4.21. The zero-order valence-electron chi connectivity index (χ0n) is 16.0. The van der Waals surface area contributed by atoms with Crippen molar-refractivity contribution in [1.82, 2.24) is 14.6 Å². The molecule has 0 spiro atoms. The maximum atomic E-state index is 12.5. The van der Waals surface area contributed by atoms with Crippen LogP contribution in [0.4, 0.5) is 0 Å². The predicted octanol–water partition coefficient (Wildman–Crippen LogP) is 2.86. The molecule has 1 aromatic carbocycles. The highest BCUT2D eigenvalue weighted by Crippen LogP contribution is 2.29. The van der Waals surface area contributed by atoms with E-state index in [0.717, 1.165) is 11.2 Å². The number of aromatic nitrogens is 1. The lowest BCUT2D eigenvalue weighted by molar-refractivity contribution is 0.0949. The summed E-state index contributed by atoms with van der Waals surface area (Å²) in [5, 5.41) is 3.48. The Balaban J connectivity index is 1.99. The van der Waals surface area contributed by atoms with E-state index in [1.54, 1.807) is 18.3 Å². The van der Waals surface area contributed by atoms with Crippen LogP contribution < -0.4 is 5.32 Å². The van der Waals surface area contributed by atoms with Crippen molar-refractivity contribution in [2.24, 2.45) is 0 Å². The van der Waals surface area contributed by atoms with Crippen LogP contribution in [0.15, 0.2) is 46.5 Å². The minimum Gasteiger partial charge on any atom is -0.352 e. The zero-order chi connectivity index (χ0) is 20.0. The van der Waals surface area contributed by atoms with Crippen molar-refractivity contribution in [2.45, 2.75) is 30.2 Å². The van der Waals surface area contributed by atoms with E-state index in [1.165, 1.54) is 34.2 Å².